The van der Waals surface area contributed by atoms with E-state index in [9.17, 15) is 14.0 Å². The van der Waals surface area contributed by atoms with Crippen LogP contribution in [0.4, 0.5) is 9.18 Å². The van der Waals surface area contributed by atoms with Gasteiger partial charge < -0.3 is 5.32 Å². The summed E-state index contributed by atoms with van der Waals surface area (Å²) >= 11 is 1.37. The van der Waals surface area contributed by atoms with Crippen LogP contribution in [0.2, 0.25) is 0 Å². The molecule has 1 saturated heterocycles. The number of imide groups is 1. The zero-order valence-corrected chi connectivity index (χ0v) is 9.31. The Morgan fingerprint density at radius 1 is 1.24 bits per heavy atom. The van der Waals surface area contributed by atoms with Crippen LogP contribution in [0.25, 0.3) is 10.1 Å². The number of amides is 3. The fourth-order valence-electron chi connectivity index (χ4n) is 1.79. The normalized spacial score (nSPS) is 19.5. The van der Waals surface area contributed by atoms with Crippen LogP contribution in [-0.4, -0.2) is 11.9 Å². The van der Waals surface area contributed by atoms with Crippen molar-refractivity contribution in [2.45, 2.75) is 6.04 Å². The first-order valence-electron chi connectivity index (χ1n) is 4.94. The third kappa shape index (κ3) is 1.66. The molecule has 1 aliphatic rings. The number of hydrogen-bond acceptors (Lipinski definition) is 3. The SMILES string of the molecule is O=C1NC(=O)C(c2cc3cc(F)ccc3s2)N1. The zero-order valence-electron chi connectivity index (χ0n) is 8.49. The number of thiophene rings is 1. The molecule has 0 radical (unpaired) electrons. The largest absolute Gasteiger partial charge is 0.322 e. The van der Waals surface area contributed by atoms with Gasteiger partial charge >= 0.3 is 6.03 Å². The van der Waals surface area contributed by atoms with E-state index in [0.717, 1.165) is 10.1 Å². The van der Waals surface area contributed by atoms with Crippen molar-refractivity contribution in [1.29, 1.82) is 0 Å². The van der Waals surface area contributed by atoms with E-state index in [1.807, 2.05) is 0 Å². The van der Waals surface area contributed by atoms with Crippen LogP contribution in [0.15, 0.2) is 24.3 Å². The van der Waals surface area contributed by atoms with Gasteiger partial charge in [0.25, 0.3) is 5.91 Å². The highest BCUT2D eigenvalue weighted by Gasteiger charge is 2.32. The Hall–Kier alpha value is -1.95. The minimum Gasteiger partial charge on any atom is -0.321 e. The molecule has 3 rings (SSSR count). The number of hydrogen-bond donors (Lipinski definition) is 2. The maximum absolute atomic E-state index is 13.0. The summed E-state index contributed by atoms with van der Waals surface area (Å²) in [5.74, 6) is -0.691. The third-order valence-electron chi connectivity index (χ3n) is 2.56. The summed E-state index contributed by atoms with van der Waals surface area (Å²) in [6.45, 7) is 0. The summed E-state index contributed by atoms with van der Waals surface area (Å²) in [6.07, 6.45) is 0. The van der Waals surface area contributed by atoms with E-state index in [4.69, 9.17) is 0 Å². The topological polar surface area (TPSA) is 58.2 Å². The second-order valence-corrected chi connectivity index (χ2v) is 4.84. The van der Waals surface area contributed by atoms with Crippen LogP contribution < -0.4 is 10.6 Å². The number of rotatable bonds is 1. The van der Waals surface area contributed by atoms with Crippen LogP contribution in [0.3, 0.4) is 0 Å². The Labute approximate surface area is 99.4 Å². The van der Waals surface area contributed by atoms with Crippen molar-refractivity contribution >= 4 is 33.4 Å². The highest BCUT2D eigenvalue weighted by Crippen LogP contribution is 2.31. The summed E-state index contributed by atoms with van der Waals surface area (Å²) in [6, 6.07) is 5.00. The Morgan fingerprint density at radius 3 is 2.76 bits per heavy atom. The van der Waals surface area contributed by atoms with Crippen molar-refractivity contribution in [3.05, 3.63) is 35.0 Å². The quantitative estimate of drug-likeness (QED) is 0.760. The average molecular weight is 250 g/mol. The van der Waals surface area contributed by atoms with Crippen LogP contribution in [0.5, 0.6) is 0 Å². The lowest BCUT2D eigenvalue weighted by atomic mass is 10.2. The van der Waals surface area contributed by atoms with Gasteiger partial charge in [-0.15, -0.1) is 11.3 Å². The lowest BCUT2D eigenvalue weighted by molar-refractivity contribution is -0.120. The Bertz CT molecular complexity index is 637. The molecule has 1 aromatic carbocycles. The summed E-state index contributed by atoms with van der Waals surface area (Å²) in [5, 5.41) is 5.41. The first-order valence-corrected chi connectivity index (χ1v) is 5.75. The Morgan fingerprint density at radius 2 is 2.06 bits per heavy atom. The summed E-state index contributed by atoms with van der Waals surface area (Å²) in [5.41, 5.74) is 0. The molecule has 1 atom stereocenters. The summed E-state index contributed by atoms with van der Waals surface area (Å²) < 4.78 is 13.9. The molecule has 0 saturated carbocycles. The van der Waals surface area contributed by atoms with Gasteiger partial charge in [-0.1, -0.05) is 0 Å². The predicted molar refractivity (Wildman–Crippen MR) is 61.2 cm³/mol. The van der Waals surface area contributed by atoms with Crippen LogP contribution in [-0.2, 0) is 4.79 Å². The standard InChI is InChI=1S/C11H7FN2O2S/c12-6-1-2-7-5(3-6)4-8(17-7)9-10(15)14-11(16)13-9/h1-4,9H,(H2,13,14,15,16). The smallest absolute Gasteiger partial charge is 0.321 e. The van der Waals surface area contributed by atoms with E-state index in [1.54, 1.807) is 12.1 Å². The molecule has 0 aliphatic carbocycles. The van der Waals surface area contributed by atoms with Gasteiger partial charge in [-0.3, -0.25) is 10.1 Å². The lowest BCUT2D eigenvalue weighted by Gasteiger charge is -2.01. The van der Waals surface area contributed by atoms with Crippen LogP contribution >= 0.6 is 11.3 Å². The van der Waals surface area contributed by atoms with E-state index in [1.165, 1.54) is 23.5 Å². The van der Waals surface area contributed by atoms with Gasteiger partial charge in [0, 0.05) is 9.58 Å². The number of urea groups is 1. The molecule has 2 heterocycles. The van der Waals surface area contributed by atoms with Crippen molar-refractivity contribution < 1.29 is 14.0 Å². The van der Waals surface area contributed by atoms with Crippen molar-refractivity contribution in [1.82, 2.24) is 10.6 Å². The first-order chi connectivity index (χ1) is 8.13. The maximum atomic E-state index is 13.0. The number of carbonyl (C=O) groups excluding carboxylic acids is 2. The number of halogens is 1. The van der Waals surface area contributed by atoms with Crippen LogP contribution in [0, 0.1) is 5.82 Å². The van der Waals surface area contributed by atoms with Gasteiger partial charge in [0.05, 0.1) is 0 Å². The minimum atomic E-state index is -0.664. The molecule has 6 heteroatoms. The lowest BCUT2D eigenvalue weighted by Crippen LogP contribution is -2.22. The van der Waals surface area contributed by atoms with Crippen molar-refractivity contribution in [3.8, 4) is 0 Å². The van der Waals surface area contributed by atoms with Crippen molar-refractivity contribution in [2.75, 3.05) is 0 Å². The van der Waals surface area contributed by atoms with E-state index in [-0.39, 0.29) is 11.7 Å². The third-order valence-corrected chi connectivity index (χ3v) is 3.74. The van der Waals surface area contributed by atoms with Crippen molar-refractivity contribution in [2.24, 2.45) is 0 Å². The average Bonchev–Trinajstić information content (AvgIpc) is 2.80. The summed E-state index contributed by atoms with van der Waals surface area (Å²) in [7, 11) is 0. The number of benzene rings is 1. The second-order valence-electron chi connectivity index (χ2n) is 3.73. The van der Waals surface area contributed by atoms with E-state index < -0.39 is 12.1 Å². The first kappa shape index (κ1) is 10.2. The molecule has 0 bridgehead atoms. The predicted octanol–water partition coefficient (Wildman–Crippen LogP) is 1.92. The highest BCUT2D eigenvalue weighted by molar-refractivity contribution is 7.19. The fourth-order valence-corrected chi connectivity index (χ4v) is 2.89. The molecule has 4 nitrogen and oxygen atoms in total. The van der Waals surface area contributed by atoms with E-state index >= 15 is 0 Å². The molecule has 86 valence electrons. The molecule has 17 heavy (non-hydrogen) atoms. The Balaban J connectivity index is 2.06. The molecule has 3 amide bonds. The molecule has 1 aromatic heterocycles. The van der Waals surface area contributed by atoms with E-state index in [0.29, 0.717) is 4.88 Å². The van der Waals surface area contributed by atoms with Gasteiger partial charge in [-0.2, -0.15) is 0 Å². The molecular weight excluding hydrogens is 243 g/mol. The maximum Gasteiger partial charge on any atom is 0.322 e. The van der Waals surface area contributed by atoms with Gasteiger partial charge in [-0.05, 0) is 29.7 Å². The molecule has 1 unspecified atom stereocenters. The van der Waals surface area contributed by atoms with Gasteiger partial charge in [0.15, 0.2) is 0 Å². The molecule has 2 N–H and O–H groups in total. The highest BCUT2D eigenvalue weighted by atomic mass is 32.1. The fraction of sp³-hybridized carbons (Fsp3) is 0.0909. The monoisotopic (exact) mass is 250 g/mol. The molecule has 0 spiro atoms. The van der Waals surface area contributed by atoms with Gasteiger partial charge in [0.2, 0.25) is 0 Å². The number of carbonyl (C=O) groups is 2. The van der Waals surface area contributed by atoms with Crippen molar-refractivity contribution in [3.63, 3.8) is 0 Å². The molecular formula is C11H7FN2O2S. The molecule has 1 fully saturated rings. The molecule has 2 aromatic rings. The summed E-state index contributed by atoms with van der Waals surface area (Å²) in [4.78, 5) is 23.2. The van der Waals surface area contributed by atoms with Gasteiger partial charge in [0.1, 0.15) is 11.9 Å². The second kappa shape index (κ2) is 3.53. The number of fused-ring (bicyclic) bond motifs is 1. The minimum absolute atomic E-state index is 0.318. The van der Waals surface area contributed by atoms with Crippen LogP contribution in [0.1, 0.15) is 10.9 Å². The zero-order chi connectivity index (χ0) is 12.0. The van der Waals surface area contributed by atoms with E-state index in [2.05, 4.69) is 10.6 Å². The van der Waals surface area contributed by atoms with Gasteiger partial charge in [-0.25, -0.2) is 9.18 Å². The number of nitrogens with one attached hydrogen (secondary N) is 2. The Kier molecular flexibility index (Phi) is 2.12. The molecule has 1 aliphatic heterocycles.